The molecule has 1 unspecified atom stereocenters. The molecule has 0 saturated carbocycles. The number of halogens is 1. The highest BCUT2D eigenvalue weighted by atomic mass is 79.9. The summed E-state index contributed by atoms with van der Waals surface area (Å²) < 4.78 is 6.10. The first kappa shape index (κ1) is 21.6. The minimum Gasteiger partial charge on any atom is -0.466 e. The molecule has 6 nitrogen and oxygen atoms in total. The smallest absolute Gasteiger partial charge is 0.314 e. The van der Waals surface area contributed by atoms with E-state index in [1.807, 2.05) is 29.6 Å². The van der Waals surface area contributed by atoms with E-state index in [-0.39, 0.29) is 24.2 Å². The van der Waals surface area contributed by atoms with Crippen LogP contribution < -0.4 is 4.90 Å². The molecule has 0 radical (unpaired) electrons. The number of piperidine rings is 1. The van der Waals surface area contributed by atoms with Gasteiger partial charge in [0.05, 0.1) is 31.5 Å². The van der Waals surface area contributed by atoms with E-state index in [9.17, 15) is 14.9 Å². The van der Waals surface area contributed by atoms with Gasteiger partial charge in [-0.05, 0) is 31.9 Å². The van der Waals surface area contributed by atoms with Crippen molar-refractivity contribution in [1.82, 2.24) is 4.98 Å². The lowest BCUT2D eigenvalue weighted by atomic mass is 9.97. The van der Waals surface area contributed by atoms with Gasteiger partial charge in [0.25, 0.3) is 0 Å². The number of esters is 1. The molecule has 1 saturated heterocycles. The third-order valence-electron chi connectivity index (χ3n) is 5.02. The highest BCUT2D eigenvalue weighted by Gasteiger charge is 2.33. The monoisotopic (exact) mass is 476 g/mol. The van der Waals surface area contributed by atoms with Crippen molar-refractivity contribution < 1.29 is 19.2 Å². The molecule has 152 valence electrons. The fraction of sp³-hybridized carbons (Fsp3) is 0.429. The number of benzene rings is 1. The predicted molar refractivity (Wildman–Crippen MR) is 114 cm³/mol. The molecular formula is C21H23BrN3O3S+. The van der Waals surface area contributed by atoms with Gasteiger partial charge < -0.3 is 9.64 Å². The fourth-order valence-electron chi connectivity index (χ4n) is 3.56. The van der Waals surface area contributed by atoms with Crippen molar-refractivity contribution in [2.75, 3.05) is 26.2 Å². The van der Waals surface area contributed by atoms with Crippen LogP contribution in [0, 0.1) is 17.2 Å². The minimum atomic E-state index is -0.875. The molecule has 0 bridgehead atoms. The summed E-state index contributed by atoms with van der Waals surface area (Å²) in [5.41, 5.74) is 1.71. The summed E-state index contributed by atoms with van der Waals surface area (Å²) in [7, 11) is 0. The number of likely N-dealkylation sites (tertiary alicyclic amines) is 1. The maximum Gasteiger partial charge on any atom is 0.314 e. The minimum absolute atomic E-state index is 0.149. The molecule has 1 aliphatic rings. The molecule has 29 heavy (non-hydrogen) atoms. The van der Waals surface area contributed by atoms with Crippen LogP contribution in [0.1, 0.15) is 30.7 Å². The first-order chi connectivity index (χ1) is 14.0. The molecule has 0 aliphatic carbocycles. The van der Waals surface area contributed by atoms with Crippen LogP contribution in [0.2, 0.25) is 0 Å². The number of aromatic nitrogens is 1. The third-order valence-corrected chi connectivity index (χ3v) is 6.46. The zero-order valence-corrected chi connectivity index (χ0v) is 18.6. The molecule has 2 heterocycles. The summed E-state index contributed by atoms with van der Waals surface area (Å²) in [4.78, 5) is 30.4. The van der Waals surface area contributed by atoms with Crippen LogP contribution in [-0.4, -0.2) is 43.0 Å². The Morgan fingerprint density at radius 2 is 2.17 bits per heavy atom. The summed E-state index contributed by atoms with van der Waals surface area (Å²) in [6, 6.07) is 9.87. The SMILES string of the molecule is CCOC(=O)[C@@H]1CCC[NH+](CC(=O)[C@@H](C#N)c2nc(-c3ccc(Br)cc3)cs2)C1. The van der Waals surface area contributed by atoms with Crippen LogP contribution in [0.5, 0.6) is 0 Å². The first-order valence-electron chi connectivity index (χ1n) is 9.65. The molecule has 1 aromatic heterocycles. The summed E-state index contributed by atoms with van der Waals surface area (Å²) in [5.74, 6) is -1.38. The molecule has 0 amide bonds. The van der Waals surface area contributed by atoms with Crippen molar-refractivity contribution in [3.63, 3.8) is 0 Å². The number of hydrogen-bond acceptors (Lipinski definition) is 6. The van der Waals surface area contributed by atoms with Crippen molar-refractivity contribution in [3.8, 4) is 17.3 Å². The van der Waals surface area contributed by atoms with Crippen LogP contribution in [0.15, 0.2) is 34.1 Å². The van der Waals surface area contributed by atoms with Gasteiger partial charge in [0.15, 0.2) is 5.92 Å². The quantitative estimate of drug-likeness (QED) is 0.620. The van der Waals surface area contributed by atoms with E-state index in [0.29, 0.717) is 18.2 Å². The molecule has 1 fully saturated rings. The summed E-state index contributed by atoms with van der Waals surface area (Å²) in [6.07, 6.45) is 1.66. The molecule has 8 heteroatoms. The van der Waals surface area contributed by atoms with Gasteiger partial charge >= 0.3 is 5.97 Å². The molecule has 1 aliphatic heterocycles. The lowest BCUT2D eigenvalue weighted by Crippen LogP contribution is -3.14. The molecule has 2 aromatic rings. The normalized spacial score (nSPS) is 19.9. The van der Waals surface area contributed by atoms with Gasteiger partial charge in [-0.15, -0.1) is 11.3 Å². The molecule has 3 atom stereocenters. The average Bonchev–Trinajstić information content (AvgIpc) is 3.19. The van der Waals surface area contributed by atoms with E-state index in [4.69, 9.17) is 4.74 Å². The number of carbonyl (C=O) groups excluding carboxylic acids is 2. The lowest BCUT2D eigenvalue weighted by molar-refractivity contribution is -0.899. The molecular weight excluding hydrogens is 454 g/mol. The van der Waals surface area contributed by atoms with E-state index < -0.39 is 5.92 Å². The summed E-state index contributed by atoms with van der Waals surface area (Å²) in [5, 5.41) is 12.0. The number of Topliss-reactive ketones (excluding diaryl/α,β-unsaturated/α-hetero) is 1. The number of carbonyl (C=O) groups is 2. The highest BCUT2D eigenvalue weighted by molar-refractivity contribution is 9.10. The number of thiazole rings is 1. The van der Waals surface area contributed by atoms with E-state index in [1.54, 1.807) is 6.92 Å². The van der Waals surface area contributed by atoms with E-state index >= 15 is 0 Å². The van der Waals surface area contributed by atoms with Gasteiger partial charge in [-0.3, -0.25) is 9.59 Å². The van der Waals surface area contributed by atoms with Crippen molar-refractivity contribution in [3.05, 3.63) is 39.1 Å². The van der Waals surface area contributed by atoms with Crippen molar-refractivity contribution in [1.29, 1.82) is 5.26 Å². The van der Waals surface area contributed by atoms with Gasteiger partial charge in [0, 0.05) is 15.4 Å². The van der Waals surface area contributed by atoms with Crippen LogP contribution >= 0.6 is 27.3 Å². The Hall–Kier alpha value is -2.08. The second kappa shape index (κ2) is 10.1. The highest BCUT2D eigenvalue weighted by Crippen LogP contribution is 2.27. The number of quaternary nitrogens is 1. The second-order valence-corrected chi connectivity index (χ2v) is 8.88. The Bertz CT molecular complexity index is 907. The Morgan fingerprint density at radius 3 is 2.86 bits per heavy atom. The number of nitrogens with one attached hydrogen (secondary N) is 1. The van der Waals surface area contributed by atoms with Crippen LogP contribution in [-0.2, 0) is 14.3 Å². The second-order valence-electron chi connectivity index (χ2n) is 7.08. The number of nitrogens with zero attached hydrogens (tertiary/aromatic N) is 2. The third kappa shape index (κ3) is 5.50. The molecule has 1 aromatic carbocycles. The van der Waals surface area contributed by atoms with Crippen LogP contribution in [0.25, 0.3) is 11.3 Å². The Labute approximate surface area is 182 Å². The van der Waals surface area contributed by atoms with E-state index in [2.05, 4.69) is 27.0 Å². The number of ketones is 1. The fourth-order valence-corrected chi connectivity index (χ4v) is 4.72. The van der Waals surface area contributed by atoms with Gasteiger partial charge in [-0.1, -0.05) is 28.1 Å². The summed E-state index contributed by atoms with van der Waals surface area (Å²) in [6.45, 7) is 3.78. The maximum absolute atomic E-state index is 12.8. The Balaban J connectivity index is 1.66. The lowest BCUT2D eigenvalue weighted by Gasteiger charge is -2.28. The summed E-state index contributed by atoms with van der Waals surface area (Å²) >= 11 is 4.74. The molecule has 3 rings (SSSR count). The van der Waals surface area contributed by atoms with Crippen molar-refractivity contribution in [2.24, 2.45) is 5.92 Å². The van der Waals surface area contributed by atoms with E-state index in [1.165, 1.54) is 11.3 Å². The van der Waals surface area contributed by atoms with Crippen LogP contribution in [0.4, 0.5) is 0 Å². The van der Waals surface area contributed by atoms with Crippen molar-refractivity contribution in [2.45, 2.75) is 25.7 Å². The standard InChI is InChI=1S/C21H22BrN3O3S/c1-2-28-21(27)15-4-3-9-25(11-15)12-19(26)17(10-23)20-24-18(13-29-20)14-5-7-16(22)8-6-14/h5-8,13,15,17H,2-4,9,11-12H2,1H3/p+1/t15-,17-/m1/s1. The average molecular weight is 477 g/mol. The first-order valence-corrected chi connectivity index (χ1v) is 11.3. The van der Waals surface area contributed by atoms with Gasteiger partial charge in [0.1, 0.15) is 17.5 Å². The molecule has 0 spiro atoms. The number of nitriles is 1. The largest absolute Gasteiger partial charge is 0.466 e. The number of rotatable bonds is 7. The Morgan fingerprint density at radius 1 is 1.41 bits per heavy atom. The number of ether oxygens (including phenoxy) is 1. The van der Waals surface area contributed by atoms with Crippen molar-refractivity contribution >= 4 is 39.0 Å². The zero-order chi connectivity index (χ0) is 20.8. The maximum atomic E-state index is 12.8. The van der Waals surface area contributed by atoms with Gasteiger partial charge in [-0.25, -0.2) is 4.98 Å². The number of hydrogen-bond donors (Lipinski definition) is 1. The molecule has 1 N–H and O–H groups in total. The zero-order valence-electron chi connectivity index (χ0n) is 16.2. The van der Waals surface area contributed by atoms with E-state index in [0.717, 1.165) is 40.0 Å². The van der Waals surface area contributed by atoms with Crippen LogP contribution in [0.3, 0.4) is 0 Å². The predicted octanol–water partition coefficient (Wildman–Crippen LogP) is 2.61. The topological polar surface area (TPSA) is 84.5 Å². The Kier molecular flexibility index (Phi) is 7.53. The van der Waals surface area contributed by atoms with Gasteiger partial charge in [0.2, 0.25) is 5.78 Å². The van der Waals surface area contributed by atoms with Gasteiger partial charge in [-0.2, -0.15) is 5.26 Å².